The van der Waals surface area contributed by atoms with E-state index in [4.69, 9.17) is 4.74 Å². The normalized spacial score (nSPS) is 27.0. The molecule has 132 valence electrons. The summed E-state index contributed by atoms with van der Waals surface area (Å²) in [6.07, 6.45) is 2.44. The smallest absolute Gasteiger partial charge is 0.410 e. The molecule has 0 radical (unpaired) electrons. The van der Waals surface area contributed by atoms with Gasteiger partial charge in [-0.05, 0) is 51.9 Å². The van der Waals surface area contributed by atoms with Crippen molar-refractivity contribution in [2.24, 2.45) is 17.8 Å². The van der Waals surface area contributed by atoms with Gasteiger partial charge in [0.1, 0.15) is 5.60 Å². The van der Waals surface area contributed by atoms with Crippen LogP contribution in [0.15, 0.2) is 0 Å². The van der Waals surface area contributed by atoms with Crippen molar-refractivity contribution >= 4 is 12.0 Å². The van der Waals surface area contributed by atoms with Gasteiger partial charge >= 0.3 is 6.09 Å². The Kier molecular flexibility index (Phi) is 5.58. The van der Waals surface area contributed by atoms with Crippen LogP contribution < -0.4 is 0 Å². The average Bonchev–Trinajstić information content (AvgIpc) is 2.44. The lowest BCUT2D eigenvalue weighted by atomic mass is 9.89. The van der Waals surface area contributed by atoms with Crippen LogP contribution in [-0.4, -0.2) is 53.6 Å². The second kappa shape index (κ2) is 7.10. The van der Waals surface area contributed by atoms with Gasteiger partial charge in [-0.1, -0.05) is 13.8 Å². The minimum Gasteiger partial charge on any atom is -0.444 e. The van der Waals surface area contributed by atoms with Crippen LogP contribution in [0.3, 0.4) is 0 Å². The summed E-state index contributed by atoms with van der Waals surface area (Å²) in [7, 11) is 0. The molecule has 5 heteroatoms. The zero-order valence-corrected chi connectivity index (χ0v) is 15.3. The van der Waals surface area contributed by atoms with E-state index in [9.17, 15) is 9.59 Å². The molecule has 2 rings (SSSR count). The van der Waals surface area contributed by atoms with Crippen LogP contribution in [0.5, 0.6) is 0 Å². The Morgan fingerprint density at radius 3 is 1.96 bits per heavy atom. The Hall–Kier alpha value is -1.26. The van der Waals surface area contributed by atoms with Gasteiger partial charge in [-0.3, -0.25) is 4.79 Å². The maximum Gasteiger partial charge on any atom is 0.410 e. The Morgan fingerprint density at radius 1 is 0.957 bits per heavy atom. The summed E-state index contributed by atoms with van der Waals surface area (Å²) < 4.78 is 5.41. The monoisotopic (exact) mass is 324 g/mol. The van der Waals surface area contributed by atoms with E-state index in [-0.39, 0.29) is 17.9 Å². The molecular formula is C18H32N2O3. The van der Waals surface area contributed by atoms with Gasteiger partial charge in [-0.25, -0.2) is 4.79 Å². The van der Waals surface area contributed by atoms with Gasteiger partial charge in [0.2, 0.25) is 5.91 Å². The van der Waals surface area contributed by atoms with Gasteiger partial charge in [0.15, 0.2) is 0 Å². The molecule has 2 aliphatic heterocycles. The second-order valence-corrected chi connectivity index (χ2v) is 8.43. The maximum atomic E-state index is 12.7. The highest BCUT2D eigenvalue weighted by molar-refractivity contribution is 5.79. The zero-order valence-electron chi connectivity index (χ0n) is 15.3. The fourth-order valence-electron chi connectivity index (χ4n) is 3.74. The first-order chi connectivity index (χ1) is 10.7. The molecule has 0 bridgehead atoms. The highest BCUT2D eigenvalue weighted by Crippen LogP contribution is 2.26. The first-order valence-corrected chi connectivity index (χ1v) is 8.92. The number of hydrogen-bond donors (Lipinski definition) is 0. The Morgan fingerprint density at radius 2 is 1.48 bits per heavy atom. The van der Waals surface area contributed by atoms with Crippen LogP contribution in [0.4, 0.5) is 4.79 Å². The van der Waals surface area contributed by atoms with Crippen LogP contribution >= 0.6 is 0 Å². The van der Waals surface area contributed by atoms with Crippen LogP contribution in [-0.2, 0) is 9.53 Å². The van der Waals surface area contributed by atoms with Crippen molar-refractivity contribution in [1.82, 2.24) is 9.80 Å². The number of carbonyl (C=O) groups excluding carboxylic acids is 2. The Labute approximate surface area is 140 Å². The summed E-state index contributed by atoms with van der Waals surface area (Å²) in [5.41, 5.74) is -0.468. The van der Waals surface area contributed by atoms with Gasteiger partial charge in [-0.2, -0.15) is 0 Å². The Balaban J connectivity index is 1.84. The molecule has 2 saturated heterocycles. The summed E-state index contributed by atoms with van der Waals surface area (Å²) >= 11 is 0. The molecule has 0 aliphatic carbocycles. The SMILES string of the molecule is CC1CC(C)CN(C(=O)C2CCN(C(=O)OC(C)(C)C)CC2)C1. The van der Waals surface area contributed by atoms with Crippen molar-refractivity contribution in [2.45, 2.75) is 59.5 Å². The number of amides is 2. The Bertz CT molecular complexity index is 426. The van der Waals surface area contributed by atoms with Crippen molar-refractivity contribution in [3.05, 3.63) is 0 Å². The average molecular weight is 324 g/mol. The van der Waals surface area contributed by atoms with E-state index in [1.54, 1.807) is 4.90 Å². The maximum absolute atomic E-state index is 12.7. The molecule has 0 aromatic carbocycles. The summed E-state index contributed by atoms with van der Waals surface area (Å²) in [5, 5.41) is 0. The van der Waals surface area contributed by atoms with E-state index >= 15 is 0 Å². The standard InChI is InChI=1S/C18H32N2O3/c1-13-10-14(2)12-20(11-13)16(21)15-6-8-19(9-7-15)17(22)23-18(3,4)5/h13-15H,6-12H2,1-5H3. The van der Waals surface area contributed by atoms with Crippen LogP contribution in [0.2, 0.25) is 0 Å². The van der Waals surface area contributed by atoms with E-state index in [2.05, 4.69) is 13.8 Å². The van der Waals surface area contributed by atoms with Gasteiger partial charge in [-0.15, -0.1) is 0 Å². The van der Waals surface area contributed by atoms with Crippen LogP contribution in [0.25, 0.3) is 0 Å². The van der Waals surface area contributed by atoms with E-state index < -0.39 is 5.60 Å². The largest absolute Gasteiger partial charge is 0.444 e. The molecule has 2 atom stereocenters. The van der Waals surface area contributed by atoms with Crippen molar-refractivity contribution in [3.8, 4) is 0 Å². The zero-order chi connectivity index (χ0) is 17.2. The molecule has 5 nitrogen and oxygen atoms in total. The molecular weight excluding hydrogens is 292 g/mol. The third-order valence-electron chi connectivity index (χ3n) is 4.68. The number of nitrogens with zero attached hydrogens (tertiary/aromatic N) is 2. The number of carbonyl (C=O) groups is 2. The molecule has 0 aromatic rings. The molecule has 2 heterocycles. The number of ether oxygens (including phenoxy) is 1. The van der Waals surface area contributed by atoms with Gasteiger partial charge in [0.25, 0.3) is 0 Å². The van der Waals surface area contributed by atoms with Crippen molar-refractivity contribution in [2.75, 3.05) is 26.2 Å². The fourth-order valence-corrected chi connectivity index (χ4v) is 3.74. The third kappa shape index (κ3) is 5.11. The summed E-state index contributed by atoms with van der Waals surface area (Å²) in [5.74, 6) is 1.52. The van der Waals surface area contributed by atoms with E-state index in [0.29, 0.717) is 24.9 Å². The minimum absolute atomic E-state index is 0.0613. The molecule has 2 amide bonds. The molecule has 2 aliphatic rings. The number of hydrogen-bond acceptors (Lipinski definition) is 3. The third-order valence-corrected chi connectivity index (χ3v) is 4.68. The minimum atomic E-state index is -0.468. The molecule has 0 spiro atoms. The summed E-state index contributed by atoms with van der Waals surface area (Å²) in [4.78, 5) is 28.6. The van der Waals surface area contributed by atoms with Crippen molar-refractivity contribution in [1.29, 1.82) is 0 Å². The van der Waals surface area contributed by atoms with Crippen molar-refractivity contribution in [3.63, 3.8) is 0 Å². The molecule has 23 heavy (non-hydrogen) atoms. The van der Waals surface area contributed by atoms with E-state index in [0.717, 1.165) is 25.9 Å². The molecule has 0 saturated carbocycles. The van der Waals surface area contributed by atoms with E-state index in [1.807, 2.05) is 25.7 Å². The number of piperidine rings is 2. The second-order valence-electron chi connectivity index (χ2n) is 8.43. The molecule has 0 aromatic heterocycles. The number of rotatable bonds is 1. The predicted octanol–water partition coefficient (Wildman–Crippen LogP) is 3.14. The lowest BCUT2D eigenvalue weighted by Crippen LogP contribution is -2.49. The highest BCUT2D eigenvalue weighted by atomic mass is 16.6. The quantitative estimate of drug-likeness (QED) is 0.744. The predicted molar refractivity (Wildman–Crippen MR) is 90.1 cm³/mol. The van der Waals surface area contributed by atoms with Gasteiger partial charge in [0.05, 0.1) is 0 Å². The molecule has 2 fully saturated rings. The van der Waals surface area contributed by atoms with Crippen LogP contribution in [0, 0.1) is 17.8 Å². The highest BCUT2D eigenvalue weighted by Gasteiger charge is 2.34. The van der Waals surface area contributed by atoms with Crippen LogP contribution in [0.1, 0.15) is 53.9 Å². The van der Waals surface area contributed by atoms with Gasteiger partial charge in [0, 0.05) is 32.1 Å². The lowest BCUT2D eigenvalue weighted by Gasteiger charge is -2.39. The fraction of sp³-hybridized carbons (Fsp3) is 0.889. The summed E-state index contributed by atoms with van der Waals surface area (Å²) in [6, 6.07) is 0. The van der Waals surface area contributed by atoms with E-state index in [1.165, 1.54) is 6.42 Å². The lowest BCUT2D eigenvalue weighted by molar-refractivity contribution is -0.139. The first-order valence-electron chi connectivity index (χ1n) is 8.92. The topological polar surface area (TPSA) is 49.9 Å². The number of likely N-dealkylation sites (tertiary alicyclic amines) is 2. The summed E-state index contributed by atoms with van der Waals surface area (Å²) in [6.45, 7) is 13.1. The molecule has 2 unspecified atom stereocenters. The first kappa shape index (κ1) is 18.1. The molecule has 0 N–H and O–H groups in total. The van der Waals surface area contributed by atoms with Crippen molar-refractivity contribution < 1.29 is 14.3 Å². The van der Waals surface area contributed by atoms with Gasteiger partial charge < -0.3 is 14.5 Å².